The smallest absolute Gasteiger partial charge is 0.0602 e. The first-order valence-electron chi connectivity index (χ1n) is 7.42. The molecule has 0 spiro atoms. The molecule has 1 aromatic heterocycles. The highest BCUT2D eigenvalue weighted by Crippen LogP contribution is 2.24. The van der Waals surface area contributed by atoms with Gasteiger partial charge in [0.2, 0.25) is 0 Å². The number of ether oxygens (including phenoxy) is 1. The third-order valence-electron chi connectivity index (χ3n) is 3.98. The summed E-state index contributed by atoms with van der Waals surface area (Å²) in [5.74, 6) is 0. The largest absolute Gasteiger partial charge is 0.378 e. The summed E-state index contributed by atoms with van der Waals surface area (Å²) in [5, 5.41) is 3.40. The molecule has 0 radical (unpaired) electrons. The average molecular weight is 262 g/mol. The van der Waals surface area contributed by atoms with Crippen molar-refractivity contribution in [1.29, 1.82) is 0 Å². The molecule has 1 aliphatic rings. The maximum atomic E-state index is 5.68. The van der Waals surface area contributed by atoms with Gasteiger partial charge in [-0.15, -0.1) is 0 Å². The van der Waals surface area contributed by atoms with Crippen LogP contribution in [-0.2, 0) is 4.74 Å². The highest BCUT2D eigenvalue weighted by molar-refractivity contribution is 5.25. The van der Waals surface area contributed by atoms with Crippen LogP contribution in [0.2, 0.25) is 0 Å². The van der Waals surface area contributed by atoms with E-state index in [0.717, 1.165) is 13.0 Å². The Labute approximate surface area is 116 Å². The number of nitrogens with one attached hydrogen (secondary N) is 1. The van der Waals surface area contributed by atoms with E-state index in [4.69, 9.17) is 4.74 Å². The molecule has 3 nitrogen and oxygen atoms in total. The van der Waals surface area contributed by atoms with Crippen molar-refractivity contribution in [3.63, 3.8) is 0 Å². The van der Waals surface area contributed by atoms with Crippen LogP contribution in [0.1, 0.15) is 55.0 Å². The first-order chi connectivity index (χ1) is 9.20. The summed E-state index contributed by atoms with van der Waals surface area (Å²) in [6.45, 7) is 5.20. The van der Waals surface area contributed by atoms with Gasteiger partial charge in [0.15, 0.2) is 0 Å². The molecule has 106 valence electrons. The molecule has 0 saturated carbocycles. The molecule has 0 aromatic carbocycles. The zero-order valence-corrected chi connectivity index (χ0v) is 12.4. The van der Waals surface area contributed by atoms with Gasteiger partial charge in [0.1, 0.15) is 0 Å². The van der Waals surface area contributed by atoms with Gasteiger partial charge in [-0.05, 0) is 64.1 Å². The maximum Gasteiger partial charge on any atom is 0.0602 e. The fourth-order valence-electron chi connectivity index (χ4n) is 2.93. The molecule has 19 heavy (non-hydrogen) atoms. The fourth-order valence-corrected chi connectivity index (χ4v) is 2.93. The summed E-state index contributed by atoms with van der Waals surface area (Å²) in [6, 6.07) is 2.58. The van der Waals surface area contributed by atoms with Crippen molar-refractivity contribution in [3.8, 4) is 0 Å². The lowest BCUT2D eigenvalue weighted by Crippen LogP contribution is -2.19. The molecule has 0 bridgehead atoms. The Morgan fingerprint density at radius 3 is 2.95 bits per heavy atom. The number of hydrogen-bond acceptors (Lipinski definition) is 3. The normalized spacial score (nSPS) is 20.7. The van der Waals surface area contributed by atoms with Gasteiger partial charge < -0.3 is 10.1 Å². The van der Waals surface area contributed by atoms with Crippen LogP contribution >= 0.6 is 0 Å². The number of aromatic nitrogens is 1. The van der Waals surface area contributed by atoms with Gasteiger partial charge >= 0.3 is 0 Å². The second-order valence-corrected chi connectivity index (χ2v) is 5.62. The van der Waals surface area contributed by atoms with Crippen LogP contribution < -0.4 is 5.32 Å². The second kappa shape index (κ2) is 7.01. The highest BCUT2D eigenvalue weighted by Gasteiger charge is 2.17. The minimum atomic E-state index is 0.363. The van der Waals surface area contributed by atoms with E-state index < -0.39 is 0 Å². The Bertz CT molecular complexity index is 400. The van der Waals surface area contributed by atoms with Crippen LogP contribution in [0.15, 0.2) is 12.3 Å². The highest BCUT2D eigenvalue weighted by atomic mass is 16.5. The summed E-state index contributed by atoms with van der Waals surface area (Å²) in [6.07, 6.45) is 8.46. The molecule has 3 heteroatoms. The molecule has 0 amide bonds. The third kappa shape index (κ3) is 4.02. The van der Waals surface area contributed by atoms with E-state index in [1.54, 1.807) is 0 Å². The number of pyridine rings is 1. The Morgan fingerprint density at radius 1 is 1.47 bits per heavy atom. The molecule has 2 heterocycles. The van der Waals surface area contributed by atoms with Crippen molar-refractivity contribution < 1.29 is 4.74 Å². The summed E-state index contributed by atoms with van der Waals surface area (Å²) >= 11 is 0. The van der Waals surface area contributed by atoms with E-state index in [1.807, 2.05) is 13.2 Å². The Hall–Kier alpha value is -0.930. The molecule has 2 rings (SSSR count). The van der Waals surface area contributed by atoms with Gasteiger partial charge in [0.25, 0.3) is 0 Å². The molecule has 2 unspecified atom stereocenters. The Morgan fingerprint density at radius 2 is 2.32 bits per heavy atom. The second-order valence-electron chi connectivity index (χ2n) is 5.62. The predicted octanol–water partition coefficient (Wildman–Crippen LogP) is 3.31. The van der Waals surface area contributed by atoms with Crippen molar-refractivity contribution >= 4 is 0 Å². The molecule has 2 atom stereocenters. The minimum absolute atomic E-state index is 0.363. The van der Waals surface area contributed by atoms with Crippen molar-refractivity contribution in [1.82, 2.24) is 10.3 Å². The third-order valence-corrected chi connectivity index (χ3v) is 3.98. The van der Waals surface area contributed by atoms with Crippen LogP contribution in [0.4, 0.5) is 0 Å². The van der Waals surface area contributed by atoms with Crippen LogP contribution in [0.5, 0.6) is 0 Å². The topological polar surface area (TPSA) is 34.1 Å². The van der Waals surface area contributed by atoms with E-state index in [-0.39, 0.29) is 0 Å². The van der Waals surface area contributed by atoms with E-state index in [0.29, 0.717) is 12.1 Å². The van der Waals surface area contributed by atoms with Gasteiger partial charge in [-0.2, -0.15) is 0 Å². The predicted molar refractivity (Wildman–Crippen MR) is 78.3 cm³/mol. The number of nitrogens with zero attached hydrogens (tertiary/aromatic N) is 1. The van der Waals surface area contributed by atoms with Gasteiger partial charge in [0.05, 0.1) is 11.8 Å². The first-order valence-corrected chi connectivity index (χ1v) is 7.42. The van der Waals surface area contributed by atoms with Gasteiger partial charge in [0, 0.05) is 18.8 Å². The Balaban J connectivity index is 1.88. The van der Waals surface area contributed by atoms with Crippen molar-refractivity contribution in [2.45, 2.75) is 58.1 Å². The standard InChI is InChI=1S/C16H26N2O/c1-12-10-13(2)16(18-11-12)15(17-3)8-4-6-14-7-5-9-19-14/h10-11,14-15,17H,4-9H2,1-3H3. The quantitative estimate of drug-likeness (QED) is 0.854. The Kier molecular flexibility index (Phi) is 5.34. The van der Waals surface area contributed by atoms with Gasteiger partial charge in [-0.3, -0.25) is 4.98 Å². The molecule has 1 aromatic rings. The van der Waals surface area contributed by atoms with Crippen molar-refractivity contribution in [3.05, 3.63) is 29.1 Å². The molecule has 0 aliphatic carbocycles. The summed E-state index contributed by atoms with van der Waals surface area (Å²) in [7, 11) is 2.03. The molecule has 1 saturated heterocycles. The van der Waals surface area contributed by atoms with Crippen molar-refractivity contribution in [2.24, 2.45) is 0 Å². The maximum absolute atomic E-state index is 5.68. The van der Waals surface area contributed by atoms with E-state index in [2.05, 4.69) is 30.2 Å². The monoisotopic (exact) mass is 262 g/mol. The van der Waals surface area contributed by atoms with Gasteiger partial charge in [-0.1, -0.05) is 6.07 Å². The van der Waals surface area contributed by atoms with Crippen LogP contribution in [0.25, 0.3) is 0 Å². The van der Waals surface area contributed by atoms with E-state index in [1.165, 1.54) is 42.5 Å². The first kappa shape index (κ1) is 14.5. The molecular weight excluding hydrogens is 236 g/mol. The molecular formula is C16H26N2O. The average Bonchev–Trinajstić information content (AvgIpc) is 2.89. The number of hydrogen-bond donors (Lipinski definition) is 1. The zero-order chi connectivity index (χ0) is 13.7. The van der Waals surface area contributed by atoms with Gasteiger partial charge in [-0.25, -0.2) is 0 Å². The SMILES string of the molecule is CNC(CCCC1CCCO1)c1ncc(C)cc1C. The molecule has 1 aliphatic heterocycles. The van der Waals surface area contributed by atoms with Crippen LogP contribution in [-0.4, -0.2) is 24.7 Å². The number of aryl methyl sites for hydroxylation is 2. The fraction of sp³-hybridized carbons (Fsp3) is 0.688. The molecule has 1 N–H and O–H groups in total. The summed E-state index contributed by atoms with van der Waals surface area (Å²) in [5.41, 5.74) is 3.72. The van der Waals surface area contributed by atoms with Crippen LogP contribution in [0, 0.1) is 13.8 Å². The summed E-state index contributed by atoms with van der Waals surface area (Å²) < 4.78 is 5.68. The molecule has 1 fully saturated rings. The van der Waals surface area contributed by atoms with Crippen molar-refractivity contribution in [2.75, 3.05) is 13.7 Å². The number of rotatable bonds is 6. The summed E-state index contributed by atoms with van der Waals surface area (Å²) in [4.78, 5) is 4.61. The zero-order valence-electron chi connectivity index (χ0n) is 12.4. The lowest BCUT2D eigenvalue weighted by atomic mass is 10.00. The van der Waals surface area contributed by atoms with E-state index >= 15 is 0 Å². The minimum Gasteiger partial charge on any atom is -0.378 e. The van der Waals surface area contributed by atoms with Crippen LogP contribution in [0.3, 0.4) is 0 Å². The lowest BCUT2D eigenvalue weighted by molar-refractivity contribution is 0.101. The van der Waals surface area contributed by atoms with E-state index in [9.17, 15) is 0 Å². The lowest BCUT2D eigenvalue weighted by Gasteiger charge is -2.19.